The first kappa shape index (κ1) is 15.8. The van der Waals surface area contributed by atoms with Crippen LogP contribution in [0.3, 0.4) is 0 Å². The molecule has 0 aliphatic rings. The number of hydrogen-bond donors (Lipinski definition) is 0. The van der Waals surface area contributed by atoms with Gasteiger partial charge < -0.3 is 9.47 Å². The van der Waals surface area contributed by atoms with Crippen molar-refractivity contribution in [2.75, 3.05) is 6.61 Å². The van der Waals surface area contributed by atoms with Gasteiger partial charge in [-0.15, -0.1) is 0 Å². The number of aryl methyl sites for hydroxylation is 1. The number of hydrogen-bond acceptors (Lipinski definition) is 5. The van der Waals surface area contributed by atoms with Crippen molar-refractivity contribution >= 4 is 23.3 Å². The molecule has 0 aliphatic heterocycles. The van der Waals surface area contributed by atoms with E-state index in [-0.39, 0.29) is 11.4 Å². The first-order valence-electron chi connectivity index (χ1n) is 6.30. The van der Waals surface area contributed by atoms with Crippen LogP contribution in [-0.2, 0) is 4.79 Å². The molecule has 0 aromatic heterocycles. The van der Waals surface area contributed by atoms with Gasteiger partial charge >= 0.3 is 11.7 Å². The van der Waals surface area contributed by atoms with Crippen molar-refractivity contribution in [2.45, 2.75) is 6.92 Å². The zero-order valence-electron chi connectivity index (χ0n) is 11.6. The number of rotatable bonds is 5. The smallest absolute Gasteiger partial charge is 0.349 e. The van der Waals surface area contributed by atoms with Crippen LogP contribution in [0.25, 0.3) is 0 Å². The minimum Gasteiger partial charge on any atom is -0.475 e. The lowest BCUT2D eigenvalue weighted by molar-refractivity contribution is -0.385. The van der Waals surface area contributed by atoms with E-state index >= 15 is 0 Å². The highest BCUT2D eigenvalue weighted by atomic mass is 35.5. The van der Waals surface area contributed by atoms with Crippen LogP contribution in [0, 0.1) is 17.0 Å². The maximum Gasteiger partial charge on any atom is 0.349 e. The Bertz CT molecular complexity index is 717. The van der Waals surface area contributed by atoms with Crippen LogP contribution in [0.1, 0.15) is 5.56 Å². The van der Waals surface area contributed by atoms with E-state index in [4.69, 9.17) is 21.1 Å². The SMILES string of the molecule is Cc1cc(OC(=O)COc2ccccc2[N+](=O)[O-])ccc1Cl. The zero-order chi connectivity index (χ0) is 16.1. The largest absolute Gasteiger partial charge is 0.475 e. The third-order valence-corrected chi connectivity index (χ3v) is 3.19. The lowest BCUT2D eigenvalue weighted by Crippen LogP contribution is -2.18. The summed E-state index contributed by atoms with van der Waals surface area (Å²) in [5.41, 5.74) is 0.559. The van der Waals surface area contributed by atoms with E-state index in [1.165, 1.54) is 18.2 Å². The molecule has 6 nitrogen and oxygen atoms in total. The van der Waals surface area contributed by atoms with Gasteiger partial charge in [-0.05, 0) is 36.8 Å². The number of esters is 1. The van der Waals surface area contributed by atoms with E-state index < -0.39 is 17.5 Å². The molecule has 0 spiro atoms. The number of carbonyl (C=O) groups is 1. The van der Waals surface area contributed by atoms with Gasteiger partial charge in [0.1, 0.15) is 5.75 Å². The highest BCUT2D eigenvalue weighted by molar-refractivity contribution is 6.31. The van der Waals surface area contributed by atoms with E-state index in [2.05, 4.69) is 0 Å². The number of halogens is 1. The van der Waals surface area contributed by atoms with Crippen LogP contribution < -0.4 is 9.47 Å². The van der Waals surface area contributed by atoms with Crippen LogP contribution >= 0.6 is 11.6 Å². The van der Waals surface area contributed by atoms with Crippen LogP contribution in [0.2, 0.25) is 5.02 Å². The summed E-state index contributed by atoms with van der Waals surface area (Å²) in [5, 5.41) is 11.4. The molecular formula is C15H12ClNO5. The van der Waals surface area contributed by atoms with Crippen molar-refractivity contribution in [2.24, 2.45) is 0 Å². The molecule has 2 rings (SSSR count). The van der Waals surface area contributed by atoms with Gasteiger partial charge in [-0.25, -0.2) is 4.79 Å². The summed E-state index contributed by atoms with van der Waals surface area (Å²) in [4.78, 5) is 22.0. The van der Waals surface area contributed by atoms with Gasteiger partial charge in [-0.1, -0.05) is 23.7 Å². The number of benzene rings is 2. The molecule has 0 bridgehead atoms. The van der Waals surface area contributed by atoms with E-state index in [9.17, 15) is 14.9 Å². The van der Waals surface area contributed by atoms with Crippen LogP contribution in [0.4, 0.5) is 5.69 Å². The van der Waals surface area contributed by atoms with Gasteiger partial charge in [-0.2, -0.15) is 0 Å². The molecule has 22 heavy (non-hydrogen) atoms. The molecule has 0 aliphatic carbocycles. The van der Waals surface area contributed by atoms with Crippen LogP contribution in [0.15, 0.2) is 42.5 Å². The molecule has 0 saturated carbocycles. The fraction of sp³-hybridized carbons (Fsp3) is 0.133. The lowest BCUT2D eigenvalue weighted by atomic mass is 10.2. The fourth-order valence-corrected chi connectivity index (χ4v) is 1.83. The monoisotopic (exact) mass is 321 g/mol. The second-order valence-electron chi connectivity index (χ2n) is 4.40. The normalized spacial score (nSPS) is 10.1. The minimum atomic E-state index is -0.667. The van der Waals surface area contributed by atoms with Gasteiger partial charge in [0, 0.05) is 11.1 Å². The Morgan fingerprint density at radius 2 is 2.00 bits per heavy atom. The highest BCUT2D eigenvalue weighted by Crippen LogP contribution is 2.26. The van der Waals surface area contributed by atoms with Gasteiger partial charge in [0.2, 0.25) is 0 Å². The molecular weight excluding hydrogens is 310 g/mol. The first-order chi connectivity index (χ1) is 10.5. The van der Waals surface area contributed by atoms with Crippen molar-refractivity contribution < 1.29 is 19.2 Å². The Morgan fingerprint density at radius 3 is 2.68 bits per heavy atom. The Morgan fingerprint density at radius 1 is 1.27 bits per heavy atom. The van der Waals surface area contributed by atoms with Crippen molar-refractivity contribution in [3.63, 3.8) is 0 Å². The fourth-order valence-electron chi connectivity index (χ4n) is 1.71. The van der Waals surface area contributed by atoms with Gasteiger partial charge in [0.15, 0.2) is 12.4 Å². The highest BCUT2D eigenvalue weighted by Gasteiger charge is 2.15. The molecule has 114 valence electrons. The number of nitro benzene ring substituents is 1. The molecule has 2 aromatic carbocycles. The maximum atomic E-state index is 11.7. The molecule has 0 N–H and O–H groups in total. The maximum absolute atomic E-state index is 11.7. The van der Waals surface area contributed by atoms with Crippen LogP contribution in [-0.4, -0.2) is 17.5 Å². The average molecular weight is 322 g/mol. The van der Waals surface area contributed by atoms with Crippen molar-refractivity contribution in [3.05, 3.63) is 63.2 Å². The molecule has 2 aromatic rings. The molecule has 0 heterocycles. The molecule has 0 unspecified atom stereocenters. The minimum absolute atomic E-state index is 0.0109. The van der Waals surface area contributed by atoms with E-state index in [0.717, 1.165) is 5.56 Å². The van der Waals surface area contributed by atoms with Crippen LogP contribution in [0.5, 0.6) is 11.5 Å². The summed E-state index contributed by atoms with van der Waals surface area (Å²) in [6.45, 7) is 1.34. The summed E-state index contributed by atoms with van der Waals surface area (Å²) < 4.78 is 10.2. The second-order valence-corrected chi connectivity index (χ2v) is 4.81. The molecule has 0 atom stereocenters. The Hall–Kier alpha value is -2.60. The second kappa shape index (κ2) is 6.91. The van der Waals surface area contributed by atoms with E-state index in [1.54, 1.807) is 31.2 Å². The third-order valence-electron chi connectivity index (χ3n) is 2.77. The molecule has 0 saturated heterocycles. The van der Waals surface area contributed by atoms with E-state index in [0.29, 0.717) is 10.8 Å². The topological polar surface area (TPSA) is 78.7 Å². The predicted molar refractivity (Wildman–Crippen MR) is 80.4 cm³/mol. The van der Waals surface area contributed by atoms with Gasteiger partial charge in [0.05, 0.1) is 4.92 Å². The first-order valence-corrected chi connectivity index (χ1v) is 6.68. The van der Waals surface area contributed by atoms with E-state index in [1.807, 2.05) is 0 Å². The molecule has 0 radical (unpaired) electrons. The Kier molecular flexibility index (Phi) is 4.95. The van der Waals surface area contributed by atoms with Crippen molar-refractivity contribution in [1.82, 2.24) is 0 Å². The summed E-state index contributed by atoms with van der Waals surface area (Å²) >= 11 is 5.88. The number of carbonyl (C=O) groups excluding carboxylic acids is 1. The predicted octanol–water partition coefficient (Wildman–Crippen LogP) is 3.54. The van der Waals surface area contributed by atoms with Gasteiger partial charge in [0.25, 0.3) is 0 Å². The summed E-state index contributed by atoms with van der Waals surface area (Å²) in [6, 6.07) is 10.6. The molecule has 0 amide bonds. The average Bonchev–Trinajstić information content (AvgIpc) is 2.49. The van der Waals surface area contributed by atoms with Crippen molar-refractivity contribution in [3.8, 4) is 11.5 Å². The molecule has 0 fully saturated rings. The Balaban J connectivity index is 1.98. The number of ether oxygens (including phenoxy) is 2. The number of nitro groups is 1. The summed E-state index contributed by atoms with van der Waals surface area (Å²) in [5.74, 6) is -0.324. The quantitative estimate of drug-likeness (QED) is 0.364. The number of para-hydroxylation sites is 2. The number of nitrogens with zero attached hydrogens (tertiary/aromatic N) is 1. The lowest BCUT2D eigenvalue weighted by Gasteiger charge is -2.08. The standard InChI is InChI=1S/C15H12ClNO5/c1-10-8-11(6-7-12(10)16)22-15(18)9-21-14-5-3-2-4-13(14)17(19)20/h2-8H,9H2,1H3. The molecule has 7 heteroatoms. The Labute approximate surface area is 131 Å². The third kappa shape index (κ3) is 3.95. The van der Waals surface area contributed by atoms with Crippen molar-refractivity contribution in [1.29, 1.82) is 0 Å². The van der Waals surface area contributed by atoms with Gasteiger partial charge in [-0.3, -0.25) is 10.1 Å². The summed E-state index contributed by atoms with van der Waals surface area (Å²) in [6.07, 6.45) is 0. The summed E-state index contributed by atoms with van der Waals surface area (Å²) in [7, 11) is 0. The zero-order valence-corrected chi connectivity index (χ0v) is 12.4.